The summed E-state index contributed by atoms with van der Waals surface area (Å²) < 4.78 is 1.03. The first kappa shape index (κ1) is 13.5. The SMILES string of the molecule is O=C(O)[C@@H]1CCCN1C(=O)CCc1cc(Br)cs1. The van der Waals surface area contributed by atoms with Crippen LogP contribution in [0.15, 0.2) is 15.9 Å². The number of likely N-dealkylation sites (tertiary alicyclic amines) is 1. The number of carbonyl (C=O) groups excluding carboxylic acids is 1. The number of hydrogen-bond acceptors (Lipinski definition) is 3. The average Bonchev–Trinajstić information content (AvgIpc) is 2.94. The van der Waals surface area contributed by atoms with E-state index < -0.39 is 12.0 Å². The zero-order valence-electron chi connectivity index (χ0n) is 9.76. The number of rotatable bonds is 4. The van der Waals surface area contributed by atoms with E-state index >= 15 is 0 Å². The minimum atomic E-state index is -0.889. The predicted molar refractivity (Wildman–Crippen MR) is 72.7 cm³/mol. The number of nitrogens with zero attached hydrogens (tertiary/aromatic N) is 1. The van der Waals surface area contributed by atoms with Gasteiger partial charge in [0, 0.05) is 27.7 Å². The Labute approximate surface area is 118 Å². The molecule has 4 nitrogen and oxygen atoms in total. The summed E-state index contributed by atoms with van der Waals surface area (Å²) in [6.07, 6.45) is 2.42. The van der Waals surface area contributed by atoms with Gasteiger partial charge in [0.15, 0.2) is 0 Å². The third-order valence-electron chi connectivity index (χ3n) is 3.07. The van der Waals surface area contributed by atoms with Crippen LogP contribution in [0, 0.1) is 0 Å². The Bertz CT molecular complexity index is 460. The molecule has 0 aromatic carbocycles. The van der Waals surface area contributed by atoms with Gasteiger partial charge in [-0.3, -0.25) is 4.79 Å². The second-order valence-corrected chi connectivity index (χ2v) is 6.23. The number of carbonyl (C=O) groups is 2. The molecular weight excluding hydrogens is 318 g/mol. The van der Waals surface area contributed by atoms with Crippen LogP contribution in [0.2, 0.25) is 0 Å². The molecule has 2 rings (SSSR count). The molecule has 0 saturated carbocycles. The first-order valence-corrected chi connectivity index (χ1v) is 7.50. The van der Waals surface area contributed by atoms with E-state index in [1.165, 1.54) is 4.90 Å². The lowest BCUT2D eigenvalue weighted by molar-refractivity contribution is -0.148. The fourth-order valence-electron chi connectivity index (χ4n) is 2.18. The number of carboxylic acids is 1. The second kappa shape index (κ2) is 5.84. The van der Waals surface area contributed by atoms with Crippen molar-refractivity contribution >= 4 is 39.1 Å². The topological polar surface area (TPSA) is 57.6 Å². The lowest BCUT2D eigenvalue weighted by Gasteiger charge is -2.21. The quantitative estimate of drug-likeness (QED) is 0.922. The number of aryl methyl sites for hydroxylation is 1. The Kier molecular flexibility index (Phi) is 4.40. The van der Waals surface area contributed by atoms with E-state index in [1.54, 1.807) is 11.3 Å². The van der Waals surface area contributed by atoms with E-state index in [1.807, 2.05) is 11.4 Å². The Morgan fingerprint density at radius 1 is 1.56 bits per heavy atom. The monoisotopic (exact) mass is 331 g/mol. The number of aliphatic carboxylic acids is 1. The van der Waals surface area contributed by atoms with Crippen LogP contribution >= 0.6 is 27.3 Å². The van der Waals surface area contributed by atoms with Crippen molar-refractivity contribution in [2.24, 2.45) is 0 Å². The van der Waals surface area contributed by atoms with Gasteiger partial charge >= 0.3 is 5.97 Å². The molecule has 6 heteroatoms. The van der Waals surface area contributed by atoms with E-state index in [4.69, 9.17) is 5.11 Å². The van der Waals surface area contributed by atoms with E-state index in [-0.39, 0.29) is 5.91 Å². The van der Waals surface area contributed by atoms with E-state index in [0.29, 0.717) is 25.8 Å². The molecule has 1 aromatic heterocycles. The highest BCUT2D eigenvalue weighted by Crippen LogP contribution is 2.23. The molecule has 0 unspecified atom stereocenters. The molecular formula is C12H14BrNO3S. The molecule has 1 N–H and O–H groups in total. The highest BCUT2D eigenvalue weighted by molar-refractivity contribution is 9.10. The van der Waals surface area contributed by atoms with Crippen molar-refractivity contribution in [1.29, 1.82) is 0 Å². The van der Waals surface area contributed by atoms with Crippen molar-refractivity contribution in [3.8, 4) is 0 Å². The number of thiophene rings is 1. The minimum Gasteiger partial charge on any atom is -0.480 e. The predicted octanol–water partition coefficient (Wildman–Crippen LogP) is 2.52. The third-order valence-corrected chi connectivity index (χ3v) is 4.82. The van der Waals surface area contributed by atoms with Crippen LogP contribution in [0.3, 0.4) is 0 Å². The van der Waals surface area contributed by atoms with Crippen molar-refractivity contribution < 1.29 is 14.7 Å². The van der Waals surface area contributed by atoms with Gasteiger partial charge in [-0.2, -0.15) is 0 Å². The van der Waals surface area contributed by atoms with Gasteiger partial charge in [-0.05, 0) is 41.3 Å². The lowest BCUT2D eigenvalue weighted by atomic mass is 10.2. The van der Waals surface area contributed by atoms with Crippen LogP contribution in [-0.4, -0.2) is 34.5 Å². The van der Waals surface area contributed by atoms with Crippen molar-refractivity contribution in [3.05, 3.63) is 20.8 Å². The van der Waals surface area contributed by atoms with Crippen LogP contribution in [-0.2, 0) is 16.0 Å². The third kappa shape index (κ3) is 3.11. The van der Waals surface area contributed by atoms with Gasteiger partial charge in [-0.15, -0.1) is 11.3 Å². The maximum Gasteiger partial charge on any atom is 0.326 e. The Morgan fingerprint density at radius 2 is 2.33 bits per heavy atom. The Balaban J connectivity index is 1.89. The van der Waals surface area contributed by atoms with Crippen molar-refractivity contribution in [2.75, 3.05) is 6.54 Å². The van der Waals surface area contributed by atoms with Crippen molar-refractivity contribution in [3.63, 3.8) is 0 Å². The number of hydrogen-bond donors (Lipinski definition) is 1. The number of amides is 1. The molecule has 0 radical (unpaired) electrons. The Hall–Kier alpha value is -0.880. The van der Waals surface area contributed by atoms with Gasteiger partial charge in [0.05, 0.1) is 0 Å². The zero-order valence-corrected chi connectivity index (χ0v) is 12.2. The standard InChI is InChI=1S/C12H14BrNO3S/c13-8-6-9(18-7-8)3-4-11(15)14-5-1-2-10(14)12(16)17/h6-7,10H,1-5H2,(H,16,17)/t10-/m0/s1. The van der Waals surface area contributed by atoms with Gasteiger partial charge < -0.3 is 10.0 Å². The highest BCUT2D eigenvalue weighted by atomic mass is 79.9. The summed E-state index contributed by atoms with van der Waals surface area (Å²) in [7, 11) is 0. The number of halogens is 1. The van der Waals surface area contributed by atoms with E-state index in [9.17, 15) is 9.59 Å². The molecule has 0 aliphatic carbocycles. The van der Waals surface area contributed by atoms with Gasteiger partial charge in [0.25, 0.3) is 0 Å². The number of carboxylic acid groups (broad SMARTS) is 1. The average molecular weight is 332 g/mol. The molecule has 1 amide bonds. The molecule has 0 spiro atoms. The summed E-state index contributed by atoms with van der Waals surface area (Å²) in [6, 6.07) is 1.38. The smallest absolute Gasteiger partial charge is 0.326 e. The maximum atomic E-state index is 12.0. The fraction of sp³-hybridized carbons (Fsp3) is 0.500. The summed E-state index contributed by atoms with van der Waals surface area (Å²) in [4.78, 5) is 25.6. The first-order valence-electron chi connectivity index (χ1n) is 5.83. The zero-order chi connectivity index (χ0) is 13.1. The molecule has 1 fully saturated rings. The maximum absolute atomic E-state index is 12.0. The normalized spacial score (nSPS) is 19.2. The molecule has 98 valence electrons. The van der Waals surface area contributed by atoms with E-state index in [2.05, 4.69) is 15.9 Å². The van der Waals surface area contributed by atoms with Crippen LogP contribution in [0.1, 0.15) is 24.1 Å². The van der Waals surface area contributed by atoms with Gasteiger partial charge in [0.1, 0.15) is 6.04 Å². The van der Waals surface area contributed by atoms with Crippen LogP contribution in [0.25, 0.3) is 0 Å². The molecule has 1 aromatic rings. The van der Waals surface area contributed by atoms with Crippen molar-refractivity contribution in [2.45, 2.75) is 31.7 Å². The fourth-order valence-corrected chi connectivity index (χ4v) is 3.64. The van der Waals surface area contributed by atoms with Crippen molar-refractivity contribution in [1.82, 2.24) is 4.90 Å². The van der Waals surface area contributed by atoms with Crippen LogP contribution in [0.5, 0.6) is 0 Å². The molecule has 1 aliphatic heterocycles. The summed E-state index contributed by atoms with van der Waals surface area (Å²) in [6.45, 7) is 0.573. The molecule has 1 atom stereocenters. The summed E-state index contributed by atoms with van der Waals surface area (Å²) in [5.41, 5.74) is 0. The van der Waals surface area contributed by atoms with E-state index in [0.717, 1.165) is 15.8 Å². The minimum absolute atomic E-state index is 0.0515. The molecule has 18 heavy (non-hydrogen) atoms. The summed E-state index contributed by atoms with van der Waals surface area (Å²) >= 11 is 4.98. The van der Waals surface area contributed by atoms with Gasteiger partial charge in [-0.1, -0.05) is 0 Å². The van der Waals surface area contributed by atoms with Crippen LogP contribution < -0.4 is 0 Å². The largest absolute Gasteiger partial charge is 0.480 e. The first-order chi connectivity index (χ1) is 8.58. The lowest BCUT2D eigenvalue weighted by Crippen LogP contribution is -2.40. The van der Waals surface area contributed by atoms with Gasteiger partial charge in [0.2, 0.25) is 5.91 Å². The summed E-state index contributed by atoms with van der Waals surface area (Å²) in [5, 5.41) is 11.0. The summed E-state index contributed by atoms with van der Waals surface area (Å²) in [5.74, 6) is -0.941. The molecule has 1 aliphatic rings. The van der Waals surface area contributed by atoms with Gasteiger partial charge in [-0.25, -0.2) is 4.79 Å². The highest BCUT2D eigenvalue weighted by Gasteiger charge is 2.33. The molecule has 2 heterocycles. The van der Waals surface area contributed by atoms with Crippen LogP contribution in [0.4, 0.5) is 0 Å². The Morgan fingerprint density at radius 3 is 2.94 bits per heavy atom. The second-order valence-electron chi connectivity index (χ2n) is 4.31. The molecule has 1 saturated heterocycles. The molecule has 0 bridgehead atoms.